The van der Waals surface area contributed by atoms with Crippen LogP contribution in [-0.4, -0.2) is 0 Å². The Morgan fingerprint density at radius 2 is 1.93 bits per heavy atom. The molecule has 78 valence electrons. The molecule has 1 aromatic rings. The zero-order valence-electron chi connectivity index (χ0n) is 10.0. The third-order valence-corrected chi connectivity index (χ3v) is 2.65. The first-order chi connectivity index (χ1) is 6.86. The van der Waals surface area contributed by atoms with Crippen LogP contribution in [0.2, 0.25) is 0 Å². The molecule has 0 nitrogen and oxygen atoms in total. The van der Waals surface area contributed by atoms with Gasteiger partial charge in [-0.25, -0.2) is 0 Å². The lowest BCUT2D eigenvalue weighted by Crippen LogP contribution is -2.07. The molecule has 0 atom stereocenters. The maximum atomic E-state index is 5.45. The summed E-state index contributed by atoms with van der Waals surface area (Å²) in [6, 6.07) is 6.19. The van der Waals surface area contributed by atoms with Gasteiger partial charge in [0.15, 0.2) is 0 Å². The van der Waals surface area contributed by atoms with Crippen molar-refractivity contribution >= 4 is 5.57 Å². The molecular formula is C15H18. The largest absolute Gasteiger partial charge is 0.115 e. The molecule has 0 aliphatic rings. The maximum Gasteiger partial charge on any atom is 0.0277 e. The number of aryl methyl sites for hydroxylation is 1. The second-order valence-electron chi connectivity index (χ2n) is 4.90. The van der Waals surface area contributed by atoms with Crippen LogP contribution in [-0.2, 0) is 0 Å². The second-order valence-corrected chi connectivity index (χ2v) is 4.90. The van der Waals surface area contributed by atoms with Crippen LogP contribution in [0.3, 0.4) is 0 Å². The SMILES string of the molecule is C#Cc1cc(C(=C)C(C)(C)C)ccc1C. The van der Waals surface area contributed by atoms with Gasteiger partial charge < -0.3 is 0 Å². The zero-order chi connectivity index (χ0) is 11.6. The van der Waals surface area contributed by atoms with Gasteiger partial charge in [0.2, 0.25) is 0 Å². The van der Waals surface area contributed by atoms with Crippen molar-refractivity contribution < 1.29 is 0 Å². The fourth-order valence-corrected chi connectivity index (χ4v) is 1.40. The molecule has 0 aliphatic carbocycles. The van der Waals surface area contributed by atoms with Gasteiger partial charge in [-0.3, -0.25) is 0 Å². The van der Waals surface area contributed by atoms with Crippen molar-refractivity contribution in [2.45, 2.75) is 27.7 Å². The van der Waals surface area contributed by atoms with Gasteiger partial charge in [-0.05, 0) is 35.1 Å². The van der Waals surface area contributed by atoms with E-state index >= 15 is 0 Å². The first-order valence-electron chi connectivity index (χ1n) is 5.13. The Bertz CT molecular complexity index is 422. The number of benzene rings is 1. The smallest absolute Gasteiger partial charge is 0.0277 e. The molecule has 0 unspecified atom stereocenters. The predicted molar refractivity (Wildman–Crippen MR) is 67.6 cm³/mol. The molecule has 0 heteroatoms. The Hall–Kier alpha value is -1.48. The average Bonchev–Trinajstić information content (AvgIpc) is 2.16. The molecule has 0 spiro atoms. The molecule has 0 fully saturated rings. The Morgan fingerprint density at radius 1 is 1.33 bits per heavy atom. The summed E-state index contributed by atoms with van der Waals surface area (Å²) in [4.78, 5) is 0. The van der Waals surface area contributed by atoms with Crippen LogP contribution in [0.25, 0.3) is 5.57 Å². The van der Waals surface area contributed by atoms with E-state index in [0.29, 0.717) is 0 Å². The Labute approximate surface area is 93.0 Å². The summed E-state index contributed by atoms with van der Waals surface area (Å²) < 4.78 is 0. The zero-order valence-corrected chi connectivity index (χ0v) is 10.0. The van der Waals surface area contributed by atoms with Gasteiger partial charge in [-0.2, -0.15) is 0 Å². The van der Waals surface area contributed by atoms with E-state index in [1.165, 1.54) is 0 Å². The third kappa shape index (κ3) is 2.50. The van der Waals surface area contributed by atoms with Crippen LogP contribution in [0.15, 0.2) is 24.8 Å². The molecule has 0 N–H and O–H groups in total. The molecule has 0 bridgehead atoms. The molecule has 0 aliphatic heterocycles. The summed E-state index contributed by atoms with van der Waals surface area (Å²) in [5.41, 5.74) is 4.45. The third-order valence-electron chi connectivity index (χ3n) is 2.65. The van der Waals surface area contributed by atoms with Gasteiger partial charge >= 0.3 is 0 Å². The van der Waals surface area contributed by atoms with Gasteiger partial charge in [-0.1, -0.05) is 45.4 Å². The fraction of sp³-hybridized carbons (Fsp3) is 0.333. The summed E-state index contributed by atoms with van der Waals surface area (Å²) in [6.07, 6.45) is 5.45. The normalized spacial score (nSPS) is 10.9. The van der Waals surface area contributed by atoms with Gasteiger partial charge in [0.05, 0.1) is 0 Å². The molecule has 1 rings (SSSR count). The monoisotopic (exact) mass is 198 g/mol. The lowest BCUT2D eigenvalue weighted by atomic mass is 9.82. The lowest BCUT2D eigenvalue weighted by Gasteiger charge is -2.22. The van der Waals surface area contributed by atoms with Crippen molar-refractivity contribution in [1.29, 1.82) is 0 Å². The molecule has 0 amide bonds. The highest BCUT2D eigenvalue weighted by molar-refractivity contribution is 5.69. The van der Waals surface area contributed by atoms with Gasteiger partial charge in [0.25, 0.3) is 0 Å². The number of rotatable bonds is 1. The highest BCUT2D eigenvalue weighted by atomic mass is 14.2. The minimum atomic E-state index is 0.0845. The molecule has 0 aromatic heterocycles. The van der Waals surface area contributed by atoms with Crippen LogP contribution < -0.4 is 0 Å². The van der Waals surface area contributed by atoms with Crippen LogP contribution in [0, 0.1) is 24.7 Å². The molecule has 0 heterocycles. The van der Waals surface area contributed by atoms with Crippen LogP contribution >= 0.6 is 0 Å². The van der Waals surface area contributed by atoms with Crippen LogP contribution in [0.1, 0.15) is 37.5 Å². The first-order valence-corrected chi connectivity index (χ1v) is 5.13. The average molecular weight is 198 g/mol. The highest BCUT2D eigenvalue weighted by Crippen LogP contribution is 2.32. The highest BCUT2D eigenvalue weighted by Gasteiger charge is 2.16. The minimum Gasteiger partial charge on any atom is -0.115 e. The van der Waals surface area contributed by atoms with E-state index in [0.717, 1.165) is 22.3 Å². The van der Waals surface area contributed by atoms with Crippen molar-refractivity contribution in [3.63, 3.8) is 0 Å². The molecule has 0 saturated heterocycles. The van der Waals surface area contributed by atoms with E-state index in [9.17, 15) is 0 Å². The Kier molecular flexibility index (Phi) is 3.05. The Balaban J connectivity index is 3.20. The van der Waals surface area contributed by atoms with Crippen molar-refractivity contribution in [2.75, 3.05) is 0 Å². The molecular weight excluding hydrogens is 180 g/mol. The van der Waals surface area contributed by atoms with E-state index in [1.54, 1.807) is 0 Å². The lowest BCUT2D eigenvalue weighted by molar-refractivity contribution is 0.568. The fourth-order valence-electron chi connectivity index (χ4n) is 1.40. The van der Waals surface area contributed by atoms with E-state index in [1.807, 2.05) is 13.0 Å². The summed E-state index contributed by atoms with van der Waals surface area (Å²) in [5.74, 6) is 2.70. The van der Waals surface area contributed by atoms with Gasteiger partial charge in [0.1, 0.15) is 0 Å². The van der Waals surface area contributed by atoms with Crippen molar-refractivity contribution in [2.24, 2.45) is 5.41 Å². The number of hydrogen-bond acceptors (Lipinski definition) is 0. The van der Waals surface area contributed by atoms with Gasteiger partial charge in [-0.15, -0.1) is 6.42 Å². The Morgan fingerprint density at radius 3 is 2.40 bits per heavy atom. The molecule has 1 aromatic carbocycles. The predicted octanol–water partition coefficient (Wildman–Crippen LogP) is 4.04. The molecule has 0 radical (unpaired) electrons. The summed E-state index contributed by atoms with van der Waals surface area (Å²) in [7, 11) is 0. The molecule has 0 saturated carbocycles. The topological polar surface area (TPSA) is 0 Å². The summed E-state index contributed by atoms with van der Waals surface area (Å²) in [5, 5.41) is 0. The van der Waals surface area contributed by atoms with Gasteiger partial charge in [0, 0.05) is 5.56 Å². The van der Waals surface area contributed by atoms with Crippen molar-refractivity contribution in [1.82, 2.24) is 0 Å². The number of terminal acetylenes is 1. The summed E-state index contributed by atoms with van der Waals surface area (Å²) in [6.45, 7) is 12.6. The van der Waals surface area contributed by atoms with Crippen LogP contribution in [0.4, 0.5) is 0 Å². The number of hydrogen-bond donors (Lipinski definition) is 0. The van der Waals surface area contributed by atoms with E-state index < -0.39 is 0 Å². The second kappa shape index (κ2) is 3.95. The van der Waals surface area contributed by atoms with Crippen molar-refractivity contribution in [3.8, 4) is 12.3 Å². The molecule has 15 heavy (non-hydrogen) atoms. The van der Waals surface area contributed by atoms with Crippen molar-refractivity contribution in [3.05, 3.63) is 41.5 Å². The standard InChI is InChI=1S/C15H18/c1-7-13-10-14(9-8-11(13)2)12(3)15(4,5)6/h1,8-10H,3H2,2,4-6H3. The van der Waals surface area contributed by atoms with E-state index in [2.05, 4.69) is 45.4 Å². The van der Waals surface area contributed by atoms with Crippen LogP contribution in [0.5, 0.6) is 0 Å². The minimum absolute atomic E-state index is 0.0845. The maximum absolute atomic E-state index is 5.45. The number of allylic oxidation sites excluding steroid dienone is 1. The van der Waals surface area contributed by atoms with E-state index in [4.69, 9.17) is 6.42 Å². The quantitative estimate of drug-likeness (QED) is 0.597. The summed E-state index contributed by atoms with van der Waals surface area (Å²) >= 11 is 0. The van der Waals surface area contributed by atoms with E-state index in [-0.39, 0.29) is 5.41 Å². The first kappa shape index (κ1) is 11.6.